The fourth-order valence-electron chi connectivity index (χ4n) is 2.98. The van der Waals surface area contributed by atoms with Crippen molar-refractivity contribution in [2.75, 3.05) is 11.9 Å². The molecule has 2 aromatic heterocycles. The molecule has 0 aliphatic heterocycles. The summed E-state index contributed by atoms with van der Waals surface area (Å²) in [5.74, 6) is 0.763. The quantitative estimate of drug-likeness (QED) is 0.484. The molecule has 0 radical (unpaired) electrons. The molecule has 2 N–H and O–H groups in total. The molecule has 0 fully saturated rings. The minimum Gasteiger partial charge on any atom is -0.362 e. The third kappa shape index (κ3) is 5.40. The first-order chi connectivity index (χ1) is 13.0. The number of anilines is 1. The van der Waals surface area contributed by atoms with E-state index in [0.29, 0.717) is 5.11 Å². The molecule has 142 valence electrons. The van der Waals surface area contributed by atoms with Crippen LogP contribution in [-0.2, 0) is 13.1 Å². The molecule has 0 atom stereocenters. The van der Waals surface area contributed by atoms with E-state index in [1.165, 1.54) is 11.3 Å². The van der Waals surface area contributed by atoms with Crippen LogP contribution in [0.5, 0.6) is 0 Å². The second kappa shape index (κ2) is 8.81. The Morgan fingerprint density at radius 3 is 2.44 bits per heavy atom. The molecule has 1 aromatic carbocycles. The SMILES string of the molecule is Cc1cc(C)n(CCCNC(=S)Nc2cc(C)n(Cc3ccccc3)n2)n1. The van der Waals surface area contributed by atoms with Gasteiger partial charge in [-0.2, -0.15) is 10.2 Å². The molecule has 3 rings (SSSR count). The maximum Gasteiger partial charge on any atom is 0.171 e. The van der Waals surface area contributed by atoms with Crippen molar-refractivity contribution in [1.29, 1.82) is 0 Å². The minimum absolute atomic E-state index is 0.590. The Balaban J connectivity index is 1.45. The number of nitrogens with one attached hydrogen (secondary N) is 2. The maximum absolute atomic E-state index is 5.38. The van der Waals surface area contributed by atoms with Crippen LogP contribution >= 0.6 is 12.2 Å². The van der Waals surface area contributed by atoms with Crippen molar-refractivity contribution in [2.45, 2.75) is 40.3 Å². The van der Waals surface area contributed by atoms with Gasteiger partial charge in [0.1, 0.15) is 0 Å². The van der Waals surface area contributed by atoms with Gasteiger partial charge in [0.25, 0.3) is 0 Å². The zero-order valence-corrected chi connectivity index (χ0v) is 16.9. The molecule has 0 aliphatic carbocycles. The van der Waals surface area contributed by atoms with Crippen LogP contribution in [0.4, 0.5) is 5.82 Å². The average Bonchev–Trinajstić information content (AvgIpc) is 3.13. The number of benzene rings is 1. The van der Waals surface area contributed by atoms with Gasteiger partial charge in [0, 0.05) is 30.5 Å². The van der Waals surface area contributed by atoms with Gasteiger partial charge in [-0.25, -0.2) is 0 Å². The Kier molecular flexibility index (Phi) is 6.24. The fraction of sp³-hybridized carbons (Fsp3) is 0.350. The van der Waals surface area contributed by atoms with Gasteiger partial charge in [0.05, 0.1) is 12.2 Å². The summed E-state index contributed by atoms with van der Waals surface area (Å²) in [6.07, 6.45) is 0.950. The van der Waals surface area contributed by atoms with Crippen LogP contribution in [-0.4, -0.2) is 31.2 Å². The maximum atomic E-state index is 5.38. The zero-order valence-electron chi connectivity index (χ0n) is 16.1. The summed E-state index contributed by atoms with van der Waals surface area (Å²) in [6, 6.07) is 14.4. The largest absolute Gasteiger partial charge is 0.362 e. The predicted molar refractivity (Wildman–Crippen MR) is 113 cm³/mol. The second-order valence-electron chi connectivity index (χ2n) is 6.70. The first kappa shape index (κ1) is 19.1. The number of nitrogens with zero attached hydrogens (tertiary/aromatic N) is 4. The minimum atomic E-state index is 0.590. The molecule has 6 nitrogen and oxygen atoms in total. The van der Waals surface area contributed by atoms with Crippen molar-refractivity contribution in [3.8, 4) is 0 Å². The lowest BCUT2D eigenvalue weighted by Crippen LogP contribution is -2.30. The molecule has 7 heteroatoms. The van der Waals surface area contributed by atoms with E-state index < -0.39 is 0 Å². The van der Waals surface area contributed by atoms with Crippen LogP contribution in [0.2, 0.25) is 0 Å². The molecule has 0 saturated carbocycles. The molecular formula is C20H26N6S. The Bertz CT molecular complexity index is 897. The molecule has 3 aromatic rings. The summed E-state index contributed by atoms with van der Waals surface area (Å²) in [6.45, 7) is 8.55. The third-order valence-corrected chi connectivity index (χ3v) is 4.58. The van der Waals surface area contributed by atoms with Gasteiger partial charge in [-0.1, -0.05) is 30.3 Å². The lowest BCUT2D eigenvalue weighted by molar-refractivity contribution is 0.558. The summed E-state index contributed by atoms with van der Waals surface area (Å²) in [4.78, 5) is 0. The van der Waals surface area contributed by atoms with Crippen molar-refractivity contribution >= 4 is 23.1 Å². The third-order valence-electron chi connectivity index (χ3n) is 4.33. The number of hydrogen-bond acceptors (Lipinski definition) is 3. The van der Waals surface area contributed by atoms with Gasteiger partial charge < -0.3 is 10.6 Å². The van der Waals surface area contributed by atoms with Crippen LogP contribution in [0.15, 0.2) is 42.5 Å². The summed E-state index contributed by atoms with van der Waals surface area (Å²) in [5, 5.41) is 16.1. The fourth-order valence-corrected chi connectivity index (χ4v) is 3.19. The molecule has 0 aliphatic rings. The van der Waals surface area contributed by atoms with Crippen LogP contribution < -0.4 is 10.6 Å². The number of thiocarbonyl (C=S) groups is 1. The molecule has 0 bridgehead atoms. The molecular weight excluding hydrogens is 356 g/mol. The summed E-state index contributed by atoms with van der Waals surface area (Å²) >= 11 is 5.38. The highest BCUT2D eigenvalue weighted by molar-refractivity contribution is 7.80. The Morgan fingerprint density at radius 1 is 1.00 bits per heavy atom. The summed E-state index contributed by atoms with van der Waals surface area (Å²) in [5.41, 5.74) is 4.56. The van der Waals surface area contributed by atoms with E-state index >= 15 is 0 Å². The van der Waals surface area contributed by atoms with E-state index in [0.717, 1.165) is 43.3 Å². The normalized spacial score (nSPS) is 10.8. The van der Waals surface area contributed by atoms with Gasteiger partial charge in [-0.05, 0) is 51.0 Å². The highest BCUT2D eigenvalue weighted by Gasteiger charge is 2.07. The van der Waals surface area contributed by atoms with Gasteiger partial charge in [-0.15, -0.1) is 0 Å². The molecule has 0 amide bonds. The van der Waals surface area contributed by atoms with Gasteiger partial charge in [0.2, 0.25) is 0 Å². The molecule has 0 unspecified atom stereocenters. The highest BCUT2D eigenvalue weighted by Crippen LogP contribution is 2.11. The first-order valence-corrected chi connectivity index (χ1v) is 9.56. The van der Waals surface area contributed by atoms with E-state index in [1.54, 1.807) is 0 Å². The topological polar surface area (TPSA) is 59.7 Å². The van der Waals surface area contributed by atoms with Crippen molar-refractivity contribution < 1.29 is 0 Å². The average molecular weight is 383 g/mol. The van der Waals surface area contributed by atoms with Crippen molar-refractivity contribution in [2.24, 2.45) is 0 Å². The molecule has 2 heterocycles. The Morgan fingerprint density at radius 2 is 1.74 bits per heavy atom. The molecule has 27 heavy (non-hydrogen) atoms. The zero-order chi connectivity index (χ0) is 19.2. The Labute approximate surface area is 165 Å². The monoisotopic (exact) mass is 382 g/mol. The lowest BCUT2D eigenvalue weighted by Gasteiger charge is -2.09. The van der Waals surface area contributed by atoms with Crippen LogP contribution in [0, 0.1) is 20.8 Å². The Hall–Kier alpha value is -2.67. The van der Waals surface area contributed by atoms with Crippen LogP contribution in [0.3, 0.4) is 0 Å². The number of aromatic nitrogens is 4. The van der Waals surface area contributed by atoms with E-state index in [4.69, 9.17) is 12.2 Å². The van der Waals surface area contributed by atoms with Crippen molar-refractivity contribution in [3.63, 3.8) is 0 Å². The van der Waals surface area contributed by atoms with Gasteiger partial charge in [-0.3, -0.25) is 9.36 Å². The van der Waals surface area contributed by atoms with E-state index in [-0.39, 0.29) is 0 Å². The number of hydrogen-bond donors (Lipinski definition) is 2. The summed E-state index contributed by atoms with van der Waals surface area (Å²) in [7, 11) is 0. The van der Waals surface area contributed by atoms with Crippen LogP contribution in [0.1, 0.15) is 29.1 Å². The standard InChI is InChI=1S/C20H26N6S/c1-15-12-16(2)25(23-15)11-7-10-21-20(27)22-19-13-17(3)26(24-19)14-18-8-5-4-6-9-18/h4-6,8-9,12-13H,7,10-11,14H2,1-3H3,(H2,21,22,24,27). The lowest BCUT2D eigenvalue weighted by atomic mass is 10.2. The van der Waals surface area contributed by atoms with E-state index in [9.17, 15) is 0 Å². The van der Waals surface area contributed by atoms with Crippen molar-refractivity contribution in [1.82, 2.24) is 24.9 Å². The molecule has 0 spiro atoms. The molecule has 0 saturated heterocycles. The van der Waals surface area contributed by atoms with E-state index in [1.807, 2.05) is 47.5 Å². The van der Waals surface area contributed by atoms with Gasteiger partial charge in [0.15, 0.2) is 10.9 Å². The smallest absolute Gasteiger partial charge is 0.171 e. The van der Waals surface area contributed by atoms with Crippen LogP contribution in [0.25, 0.3) is 0 Å². The highest BCUT2D eigenvalue weighted by atomic mass is 32.1. The number of aryl methyl sites for hydroxylation is 4. The summed E-state index contributed by atoms with van der Waals surface area (Å²) < 4.78 is 4.01. The second-order valence-corrected chi connectivity index (χ2v) is 7.11. The van der Waals surface area contributed by atoms with E-state index in [2.05, 4.69) is 46.0 Å². The van der Waals surface area contributed by atoms with Gasteiger partial charge >= 0.3 is 0 Å². The predicted octanol–water partition coefficient (Wildman–Crippen LogP) is 3.43. The first-order valence-electron chi connectivity index (χ1n) is 9.15. The number of rotatable bonds is 7. The van der Waals surface area contributed by atoms with Crippen molar-refractivity contribution in [3.05, 3.63) is 65.1 Å².